The molecule has 178 valence electrons. The fourth-order valence-electron chi connectivity index (χ4n) is 4.20. The van der Waals surface area contributed by atoms with Gasteiger partial charge in [-0.3, -0.25) is 14.4 Å². The molecule has 8 nitrogen and oxygen atoms in total. The summed E-state index contributed by atoms with van der Waals surface area (Å²) in [4.78, 5) is 42.7. The number of carbonyl (C=O) groups excluding carboxylic acids is 3. The maximum Gasteiger partial charge on any atom is 0.257 e. The summed E-state index contributed by atoms with van der Waals surface area (Å²) in [5, 5.41) is 0. The molecular weight excluding hydrogens is 516 g/mol. The highest BCUT2D eigenvalue weighted by molar-refractivity contribution is 9.10. The predicted octanol–water partition coefficient (Wildman–Crippen LogP) is 4.16. The Hall–Kier alpha value is -3.85. The molecular formula is C26H21BrN2O6. The highest BCUT2D eigenvalue weighted by atomic mass is 79.9. The van der Waals surface area contributed by atoms with Gasteiger partial charge in [-0.05, 0) is 60.2 Å². The predicted molar refractivity (Wildman–Crippen MR) is 130 cm³/mol. The molecule has 3 aromatic carbocycles. The molecule has 2 heterocycles. The number of imide groups is 1. The smallest absolute Gasteiger partial charge is 0.257 e. The van der Waals surface area contributed by atoms with Crippen LogP contribution < -0.4 is 19.1 Å². The second kappa shape index (κ2) is 9.42. The Morgan fingerprint density at radius 2 is 1.83 bits per heavy atom. The third-order valence-electron chi connectivity index (χ3n) is 5.95. The van der Waals surface area contributed by atoms with Crippen LogP contribution in [0.1, 0.15) is 22.3 Å². The zero-order valence-electron chi connectivity index (χ0n) is 18.8. The van der Waals surface area contributed by atoms with E-state index in [0.717, 1.165) is 14.9 Å². The van der Waals surface area contributed by atoms with Gasteiger partial charge in [0, 0.05) is 16.6 Å². The number of anilines is 1. The molecule has 2 aliphatic heterocycles. The molecule has 0 N–H and O–H groups in total. The number of methoxy groups -OCH3 is 1. The number of benzene rings is 3. The molecule has 5 rings (SSSR count). The van der Waals surface area contributed by atoms with E-state index in [0.29, 0.717) is 28.5 Å². The van der Waals surface area contributed by atoms with Gasteiger partial charge in [-0.2, -0.15) is 0 Å². The number of hydrogen-bond acceptors (Lipinski definition) is 6. The number of fused-ring (bicyclic) bond motifs is 1. The molecule has 0 radical (unpaired) electrons. The van der Waals surface area contributed by atoms with Crippen LogP contribution in [0.5, 0.6) is 17.2 Å². The van der Waals surface area contributed by atoms with Gasteiger partial charge in [0.2, 0.25) is 12.7 Å². The van der Waals surface area contributed by atoms with Crippen molar-refractivity contribution in [3.63, 3.8) is 0 Å². The third kappa shape index (κ3) is 4.46. The first-order valence-electron chi connectivity index (χ1n) is 10.9. The van der Waals surface area contributed by atoms with Crippen molar-refractivity contribution in [3.05, 3.63) is 82.3 Å². The minimum atomic E-state index is -0.963. The second-order valence-electron chi connectivity index (χ2n) is 8.12. The van der Waals surface area contributed by atoms with Gasteiger partial charge in [-0.1, -0.05) is 28.1 Å². The van der Waals surface area contributed by atoms with Crippen molar-refractivity contribution in [3.8, 4) is 17.2 Å². The lowest BCUT2D eigenvalue weighted by Gasteiger charge is -2.28. The quantitative estimate of drug-likeness (QED) is 0.439. The number of halogens is 1. The average molecular weight is 537 g/mol. The minimum Gasteiger partial charge on any atom is -0.497 e. The molecule has 9 heteroatoms. The Labute approximate surface area is 210 Å². The van der Waals surface area contributed by atoms with Crippen LogP contribution in [0.4, 0.5) is 5.69 Å². The molecule has 0 aromatic heterocycles. The fourth-order valence-corrected chi connectivity index (χ4v) is 4.47. The number of ether oxygens (including phenoxy) is 3. The summed E-state index contributed by atoms with van der Waals surface area (Å²) in [5.41, 5.74) is 1.56. The standard InChI is InChI=1S/C26H21BrN2O6/c1-33-20-4-2-3-17(12-20)25(31)28(14-16-5-10-22-23(11-16)35-15-34-22)21-13-24(30)29(26(21)32)19-8-6-18(27)7-9-19/h2-12,21H,13-15H2,1H3. The monoisotopic (exact) mass is 536 g/mol. The van der Waals surface area contributed by atoms with Crippen LogP contribution in [0.3, 0.4) is 0 Å². The van der Waals surface area contributed by atoms with Crippen molar-refractivity contribution in [2.45, 2.75) is 19.0 Å². The van der Waals surface area contributed by atoms with Gasteiger partial charge in [0.05, 0.1) is 19.2 Å². The summed E-state index contributed by atoms with van der Waals surface area (Å²) >= 11 is 3.36. The molecule has 0 bridgehead atoms. The van der Waals surface area contributed by atoms with Crippen LogP contribution in [0.15, 0.2) is 71.2 Å². The lowest BCUT2D eigenvalue weighted by atomic mass is 10.1. The SMILES string of the molecule is COc1cccc(C(=O)N(Cc2ccc3c(c2)OCO3)C2CC(=O)N(c3ccc(Br)cc3)C2=O)c1. The second-order valence-corrected chi connectivity index (χ2v) is 9.03. The topological polar surface area (TPSA) is 85.4 Å². The Bertz CT molecular complexity index is 1310. The zero-order valence-corrected chi connectivity index (χ0v) is 20.4. The lowest BCUT2D eigenvalue weighted by Crippen LogP contribution is -2.45. The molecule has 0 aliphatic carbocycles. The number of carbonyl (C=O) groups is 3. The Balaban J connectivity index is 1.50. The first kappa shape index (κ1) is 22.9. The normalized spacial score (nSPS) is 16.5. The molecule has 2 aliphatic rings. The molecule has 1 fully saturated rings. The average Bonchev–Trinajstić information content (AvgIpc) is 3.46. The van der Waals surface area contributed by atoms with Crippen LogP contribution in [0.2, 0.25) is 0 Å². The summed E-state index contributed by atoms with van der Waals surface area (Å²) < 4.78 is 16.9. The molecule has 3 aromatic rings. The molecule has 1 atom stereocenters. The van der Waals surface area contributed by atoms with Crippen molar-refractivity contribution in [1.29, 1.82) is 0 Å². The van der Waals surface area contributed by atoms with E-state index in [9.17, 15) is 14.4 Å². The molecule has 1 saturated heterocycles. The summed E-state index contributed by atoms with van der Waals surface area (Å²) in [6.45, 7) is 0.230. The van der Waals surface area contributed by atoms with E-state index in [4.69, 9.17) is 14.2 Å². The van der Waals surface area contributed by atoms with Crippen molar-refractivity contribution >= 4 is 39.3 Å². The largest absolute Gasteiger partial charge is 0.497 e. The van der Waals surface area contributed by atoms with Crippen LogP contribution in [0, 0.1) is 0 Å². The number of nitrogens with zero attached hydrogens (tertiary/aromatic N) is 2. The zero-order chi connectivity index (χ0) is 24.5. The number of hydrogen-bond donors (Lipinski definition) is 0. The van der Waals surface area contributed by atoms with E-state index in [1.165, 1.54) is 12.0 Å². The number of rotatable bonds is 6. The maximum absolute atomic E-state index is 13.7. The Morgan fingerprint density at radius 3 is 2.60 bits per heavy atom. The van der Waals surface area contributed by atoms with E-state index in [1.807, 2.05) is 6.07 Å². The molecule has 35 heavy (non-hydrogen) atoms. The molecule has 0 spiro atoms. The van der Waals surface area contributed by atoms with E-state index in [2.05, 4.69) is 15.9 Å². The van der Waals surface area contributed by atoms with Crippen molar-refractivity contribution in [1.82, 2.24) is 4.90 Å². The van der Waals surface area contributed by atoms with Gasteiger partial charge < -0.3 is 19.1 Å². The highest BCUT2D eigenvalue weighted by Gasteiger charge is 2.44. The van der Waals surface area contributed by atoms with E-state index in [1.54, 1.807) is 60.7 Å². The molecule has 0 saturated carbocycles. The van der Waals surface area contributed by atoms with E-state index < -0.39 is 11.9 Å². The Kier molecular flexibility index (Phi) is 6.17. The van der Waals surface area contributed by atoms with Gasteiger partial charge in [-0.15, -0.1) is 0 Å². The number of amides is 3. The third-order valence-corrected chi connectivity index (χ3v) is 6.48. The lowest BCUT2D eigenvalue weighted by molar-refractivity contribution is -0.122. The maximum atomic E-state index is 13.7. The first-order chi connectivity index (χ1) is 16.9. The fraction of sp³-hybridized carbons (Fsp3) is 0.192. The van der Waals surface area contributed by atoms with E-state index >= 15 is 0 Å². The van der Waals surface area contributed by atoms with Crippen LogP contribution in [0.25, 0.3) is 0 Å². The van der Waals surface area contributed by atoms with Gasteiger partial charge in [0.15, 0.2) is 11.5 Å². The van der Waals surface area contributed by atoms with Crippen LogP contribution >= 0.6 is 15.9 Å². The van der Waals surface area contributed by atoms with Crippen LogP contribution in [-0.4, -0.2) is 42.6 Å². The van der Waals surface area contributed by atoms with Crippen molar-refractivity contribution < 1.29 is 28.6 Å². The van der Waals surface area contributed by atoms with E-state index in [-0.39, 0.29) is 31.6 Å². The van der Waals surface area contributed by atoms with Crippen molar-refractivity contribution in [2.24, 2.45) is 0 Å². The highest BCUT2D eigenvalue weighted by Crippen LogP contribution is 2.34. The minimum absolute atomic E-state index is 0.102. The summed E-state index contributed by atoms with van der Waals surface area (Å²) in [6.07, 6.45) is -0.116. The first-order valence-corrected chi connectivity index (χ1v) is 11.7. The van der Waals surface area contributed by atoms with Gasteiger partial charge in [0.25, 0.3) is 11.8 Å². The van der Waals surface area contributed by atoms with Crippen LogP contribution in [-0.2, 0) is 16.1 Å². The summed E-state index contributed by atoms with van der Waals surface area (Å²) in [6, 6.07) is 18.0. The molecule has 3 amide bonds. The van der Waals surface area contributed by atoms with Gasteiger partial charge >= 0.3 is 0 Å². The summed E-state index contributed by atoms with van der Waals surface area (Å²) in [7, 11) is 1.52. The molecule has 1 unspecified atom stereocenters. The van der Waals surface area contributed by atoms with Crippen molar-refractivity contribution in [2.75, 3.05) is 18.8 Å². The summed E-state index contributed by atoms with van der Waals surface area (Å²) in [5.74, 6) is 0.509. The Morgan fingerprint density at radius 1 is 1.06 bits per heavy atom. The van der Waals surface area contributed by atoms with Gasteiger partial charge in [0.1, 0.15) is 11.8 Å². The van der Waals surface area contributed by atoms with Gasteiger partial charge in [-0.25, -0.2) is 4.90 Å².